The van der Waals surface area contributed by atoms with E-state index in [1.807, 2.05) is 36.4 Å². The molecule has 0 aliphatic heterocycles. The van der Waals surface area contributed by atoms with Gasteiger partial charge in [0.05, 0.1) is 0 Å². The molecule has 0 amide bonds. The van der Waals surface area contributed by atoms with Crippen molar-refractivity contribution in [2.45, 2.75) is 5.33 Å². The molecule has 2 aliphatic rings. The van der Waals surface area contributed by atoms with Crippen molar-refractivity contribution in [3.05, 3.63) is 75.8 Å². The molecule has 0 spiro atoms. The molecule has 0 saturated carbocycles. The first-order valence-electron chi connectivity index (χ1n) is 6.14. The highest BCUT2D eigenvalue weighted by Crippen LogP contribution is 2.23. The Bertz CT molecular complexity index is 815. The average Bonchev–Trinajstić information content (AvgIpc) is 2.99. The highest BCUT2D eigenvalue weighted by Gasteiger charge is 2.05. The third-order valence-corrected chi connectivity index (χ3v) is 4.07. The number of halogens is 2. The summed E-state index contributed by atoms with van der Waals surface area (Å²) < 4.78 is 4.80. The Morgan fingerprint density at radius 1 is 1.10 bits per heavy atom. The Kier molecular flexibility index (Phi) is 3.90. The van der Waals surface area contributed by atoms with Crippen LogP contribution in [0.15, 0.2) is 59.3 Å². The Morgan fingerprint density at radius 2 is 1.95 bits per heavy atom. The lowest BCUT2D eigenvalue weighted by Gasteiger charge is -2.01. The standard InChI is InChI=1S/C10H8BrNO.C6H3Cl/c11-7-8-3-1-2-4-9(8)10-5-6-13-12-10;7-6-3-4-1-2-5(4)6/h1-6H,7H2;1-3H. The van der Waals surface area contributed by atoms with Gasteiger partial charge in [0, 0.05) is 27.2 Å². The maximum Gasteiger partial charge on any atom is 0.124 e. The summed E-state index contributed by atoms with van der Waals surface area (Å²) in [6.45, 7) is 0. The summed E-state index contributed by atoms with van der Waals surface area (Å²) in [4.78, 5) is 0. The second-order valence-corrected chi connectivity index (χ2v) is 5.34. The van der Waals surface area contributed by atoms with Gasteiger partial charge in [0.25, 0.3) is 0 Å². The number of hydrogen-bond donors (Lipinski definition) is 0. The van der Waals surface area contributed by atoms with Gasteiger partial charge in [-0.15, -0.1) is 0 Å². The van der Waals surface area contributed by atoms with Crippen LogP contribution < -0.4 is 0 Å². The van der Waals surface area contributed by atoms with Gasteiger partial charge in [0.15, 0.2) is 0 Å². The molecule has 0 N–H and O–H groups in total. The normalized spacial score (nSPS) is 10.7. The van der Waals surface area contributed by atoms with E-state index in [-0.39, 0.29) is 0 Å². The molecule has 0 saturated heterocycles. The summed E-state index contributed by atoms with van der Waals surface area (Å²) in [5.74, 6) is 0. The molecule has 4 rings (SSSR count). The van der Waals surface area contributed by atoms with Gasteiger partial charge in [0.2, 0.25) is 0 Å². The minimum absolute atomic E-state index is 0.829. The van der Waals surface area contributed by atoms with Crippen LogP contribution in [0.5, 0.6) is 0 Å². The van der Waals surface area contributed by atoms with Crippen LogP contribution in [0.25, 0.3) is 11.3 Å². The fraction of sp³-hybridized carbons (Fsp3) is 0.0625. The molecule has 1 heterocycles. The molecule has 2 nitrogen and oxygen atoms in total. The summed E-state index contributed by atoms with van der Waals surface area (Å²) in [5, 5.41) is 8.19. The number of benzene rings is 2. The predicted molar refractivity (Wildman–Crippen MR) is 83.7 cm³/mol. The van der Waals surface area contributed by atoms with E-state index in [2.05, 4.69) is 33.2 Å². The number of aromatic nitrogens is 1. The van der Waals surface area contributed by atoms with Crippen molar-refractivity contribution in [2.75, 3.05) is 0 Å². The second kappa shape index (κ2) is 5.81. The van der Waals surface area contributed by atoms with Crippen molar-refractivity contribution in [1.82, 2.24) is 5.16 Å². The van der Waals surface area contributed by atoms with Gasteiger partial charge in [-0.1, -0.05) is 69.1 Å². The smallest absolute Gasteiger partial charge is 0.124 e. The lowest BCUT2D eigenvalue weighted by molar-refractivity contribution is 0.422. The van der Waals surface area contributed by atoms with Crippen molar-refractivity contribution < 1.29 is 4.52 Å². The molecule has 100 valence electrons. The van der Waals surface area contributed by atoms with Crippen molar-refractivity contribution >= 4 is 27.5 Å². The highest BCUT2D eigenvalue weighted by molar-refractivity contribution is 9.08. The van der Waals surface area contributed by atoms with Crippen LogP contribution in [-0.2, 0) is 5.33 Å². The number of hydrogen-bond acceptors (Lipinski definition) is 2. The lowest BCUT2D eigenvalue weighted by Crippen LogP contribution is -1.84. The first-order chi connectivity index (χ1) is 9.79. The molecule has 1 aromatic carbocycles. The zero-order valence-electron chi connectivity index (χ0n) is 10.5. The van der Waals surface area contributed by atoms with E-state index in [9.17, 15) is 0 Å². The van der Waals surface area contributed by atoms with E-state index in [0.717, 1.165) is 21.6 Å². The van der Waals surface area contributed by atoms with Crippen LogP contribution in [0.4, 0.5) is 0 Å². The molecule has 0 radical (unpaired) electrons. The Labute approximate surface area is 129 Å². The van der Waals surface area contributed by atoms with Crippen molar-refractivity contribution in [1.29, 1.82) is 0 Å². The maximum atomic E-state index is 5.60. The Morgan fingerprint density at radius 3 is 2.40 bits per heavy atom. The molecule has 2 aliphatic carbocycles. The van der Waals surface area contributed by atoms with Gasteiger partial charge in [0.1, 0.15) is 12.0 Å². The highest BCUT2D eigenvalue weighted by atomic mass is 79.9. The quantitative estimate of drug-likeness (QED) is 0.467. The summed E-state index contributed by atoms with van der Waals surface area (Å²) in [6.07, 6.45) is 1.58. The fourth-order valence-corrected chi connectivity index (χ4v) is 2.76. The van der Waals surface area contributed by atoms with Gasteiger partial charge < -0.3 is 4.52 Å². The summed E-state index contributed by atoms with van der Waals surface area (Å²) in [7, 11) is 0. The minimum atomic E-state index is 0.829. The summed E-state index contributed by atoms with van der Waals surface area (Å²) in [5.41, 5.74) is 3.22. The molecule has 20 heavy (non-hydrogen) atoms. The van der Waals surface area contributed by atoms with Crippen LogP contribution in [0, 0.1) is 10.4 Å². The van der Waals surface area contributed by atoms with E-state index in [0.29, 0.717) is 0 Å². The van der Waals surface area contributed by atoms with Gasteiger partial charge in [-0.05, 0) is 16.8 Å². The second-order valence-electron chi connectivity index (χ2n) is 4.37. The lowest BCUT2D eigenvalue weighted by atomic mass is 10.1. The number of nitrogens with zero attached hydrogens (tertiary/aromatic N) is 1. The Hall–Kier alpha value is -1.58. The monoisotopic (exact) mass is 347 g/mol. The van der Waals surface area contributed by atoms with Crippen LogP contribution in [0.2, 0.25) is 5.02 Å². The van der Waals surface area contributed by atoms with Crippen molar-refractivity contribution in [2.24, 2.45) is 0 Å². The fourth-order valence-electron chi connectivity index (χ4n) is 1.98. The molecular weight excluding hydrogens is 338 g/mol. The van der Waals surface area contributed by atoms with Gasteiger partial charge in [-0.25, -0.2) is 0 Å². The minimum Gasteiger partial charge on any atom is -0.364 e. The topological polar surface area (TPSA) is 26.0 Å². The summed E-state index contributed by atoms with van der Waals surface area (Å²) >= 11 is 9.03. The van der Waals surface area contributed by atoms with Crippen LogP contribution in [0.3, 0.4) is 0 Å². The zero-order valence-corrected chi connectivity index (χ0v) is 12.9. The van der Waals surface area contributed by atoms with Crippen LogP contribution >= 0.6 is 27.5 Å². The van der Waals surface area contributed by atoms with E-state index in [1.165, 1.54) is 16.0 Å². The van der Waals surface area contributed by atoms with Crippen molar-refractivity contribution in [3.8, 4) is 11.3 Å². The molecule has 0 fully saturated rings. The van der Waals surface area contributed by atoms with Gasteiger partial charge in [-0.3, -0.25) is 0 Å². The SMILES string of the molecule is BrCc1ccccc1-c1ccon1.Clc1cc2ccc1=2. The third kappa shape index (κ3) is 2.51. The van der Waals surface area contributed by atoms with E-state index in [1.54, 1.807) is 6.26 Å². The molecule has 1 aromatic heterocycles. The third-order valence-electron chi connectivity index (χ3n) is 3.16. The summed E-state index contributed by atoms with van der Waals surface area (Å²) in [6, 6.07) is 16.0. The number of alkyl halides is 1. The largest absolute Gasteiger partial charge is 0.364 e. The van der Waals surface area contributed by atoms with Crippen molar-refractivity contribution in [3.63, 3.8) is 0 Å². The van der Waals surface area contributed by atoms with Gasteiger partial charge >= 0.3 is 0 Å². The zero-order chi connectivity index (χ0) is 13.9. The molecule has 2 aromatic rings. The predicted octanol–water partition coefficient (Wildman–Crippen LogP) is 5.18. The molecule has 0 atom stereocenters. The van der Waals surface area contributed by atoms with Crippen LogP contribution in [-0.4, -0.2) is 5.16 Å². The average molecular weight is 349 g/mol. The first-order valence-corrected chi connectivity index (χ1v) is 7.64. The number of rotatable bonds is 2. The molecule has 0 unspecified atom stereocenters. The molecule has 4 heteroatoms. The van der Waals surface area contributed by atoms with Crippen LogP contribution in [0.1, 0.15) is 5.56 Å². The first kappa shape index (κ1) is 13.4. The molecular formula is C16H11BrClNO. The van der Waals surface area contributed by atoms with Gasteiger partial charge in [-0.2, -0.15) is 0 Å². The Balaban J connectivity index is 0.000000144. The van der Waals surface area contributed by atoms with E-state index in [4.69, 9.17) is 16.1 Å². The van der Waals surface area contributed by atoms with E-state index < -0.39 is 0 Å². The maximum absolute atomic E-state index is 5.60. The van der Waals surface area contributed by atoms with E-state index >= 15 is 0 Å². The molecule has 0 bridgehead atoms.